The van der Waals surface area contributed by atoms with Crippen LogP contribution >= 0.6 is 12.2 Å². The molecule has 3 atom stereocenters. The van der Waals surface area contributed by atoms with Crippen molar-refractivity contribution < 1.29 is 19.3 Å². The van der Waals surface area contributed by atoms with Gasteiger partial charge in [0.15, 0.2) is 16.6 Å². The lowest BCUT2D eigenvalue weighted by atomic mass is 9.90. The molecule has 1 fully saturated rings. The van der Waals surface area contributed by atoms with Gasteiger partial charge in [-0.25, -0.2) is 0 Å². The van der Waals surface area contributed by atoms with Crippen molar-refractivity contribution in [1.29, 1.82) is 5.26 Å². The monoisotopic (exact) mass is 323 g/mol. The summed E-state index contributed by atoms with van der Waals surface area (Å²) in [5.74, 6) is 0.664. The summed E-state index contributed by atoms with van der Waals surface area (Å²) in [5, 5.41) is 25.2. The molecule has 2 rings (SSSR count). The lowest BCUT2D eigenvalue weighted by Gasteiger charge is -2.35. The number of nitrogens with zero attached hydrogens (tertiary/aromatic N) is 1. The number of nitriles is 1. The molecule has 0 unspecified atom stereocenters. The molecular weight excluding hydrogens is 306 g/mol. The van der Waals surface area contributed by atoms with Crippen molar-refractivity contribution in [3.63, 3.8) is 0 Å². The highest BCUT2D eigenvalue weighted by atomic mass is 32.1. The topological polar surface area (TPSA) is 95.8 Å². The molecule has 1 aliphatic heterocycles. The number of ether oxygens (including phenoxy) is 3. The van der Waals surface area contributed by atoms with E-state index in [0.717, 1.165) is 0 Å². The molecule has 1 aliphatic rings. The van der Waals surface area contributed by atoms with Crippen LogP contribution in [-0.2, 0) is 0 Å². The molecule has 0 radical (unpaired) electrons. The lowest BCUT2D eigenvalue weighted by Crippen LogP contribution is -2.55. The van der Waals surface area contributed by atoms with Gasteiger partial charge in [-0.05, 0) is 29.9 Å². The number of benzene rings is 1. The summed E-state index contributed by atoms with van der Waals surface area (Å²) in [4.78, 5) is 0. The Kier molecular flexibility index (Phi) is 4.90. The van der Waals surface area contributed by atoms with Crippen molar-refractivity contribution in [3.05, 3.63) is 17.7 Å². The molecule has 0 saturated carbocycles. The van der Waals surface area contributed by atoms with Gasteiger partial charge in [0.2, 0.25) is 5.75 Å². The second kappa shape index (κ2) is 6.68. The fourth-order valence-corrected chi connectivity index (χ4v) is 2.64. The van der Waals surface area contributed by atoms with E-state index >= 15 is 0 Å². The Labute approximate surface area is 133 Å². The maximum absolute atomic E-state index is 9.98. The first kappa shape index (κ1) is 16.1. The number of methoxy groups -OCH3 is 3. The minimum absolute atomic E-state index is 0.276. The smallest absolute Gasteiger partial charge is 0.203 e. The van der Waals surface area contributed by atoms with Gasteiger partial charge >= 0.3 is 0 Å². The highest BCUT2D eigenvalue weighted by Crippen LogP contribution is 2.41. The van der Waals surface area contributed by atoms with Crippen molar-refractivity contribution in [1.82, 2.24) is 10.6 Å². The van der Waals surface area contributed by atoms with Crippen LogP contribution in [0.1, 0.15) is 11.6 Å². The summed E-state index contributed by atoms with van der Waals surface area (Å²) >= 11 is 5.05. The van der Waals surface area contributed by atoms with Crippen LogP contribution in [0.5, 0.6) is 17.2 Å². The zero-order valence-electron chi connectivity index (χ0n) is 12.4. The molecule has 0 spiro atoms. The zero-order valence-corrected chi connectivity index (χ0v) is 13.2. The van der Waals surface area contributed by atoms with E-state index in [9.17, 15) is 10.4 Å². The molecule has 3 N–H and O–H groups in total. The summed E-state index contributed by atoms with van der Waals surface area (Å²) in [7, 11) is 4.54. The second-order valence-corrected chi connectivity index (χ2v) is 5.06. The highest BCUT2D eigenvalue weighted by Gasteiger charge is 2.36. The van der Waals surface area contributed by atoms with Gasteiger partial charge in [0.05, 0.1) is 33.4 Å². The van der Waals surface area contributed by atoms with Crippen LogP contribution in [0.2, 0.25) is 0 Å². The van der Waals surface area contributed by atoms with E-state index in [1.54, 1.807) is 12.1 Å². The van der Waals surface area contributed by atoms with Crippen LogP contribution in [0.3, 0.4) is 0 Å². The van der Waals surface area contributed by atoms with Crippen LogP contribution in [0.25, 0.3) is 0 Å². The van der Waals surface area contributed by atoms with E-state index in [0.29, 0.717) is 22.8 Å². The molecule has 0 aromatic heterocycles. The number of rotatable bonds is 4. The maximum Gasteiger partial charge on any atom is 0.203 e. The molecular formula is C14H17N3O4S. The first-order valence-electron chi connectivity index (χ1n) is 6.50. The molecule has 1 heterocycles. The van der Waals surface area contributed by atoms with Crippen molar-refractivity contribution in [3.8, 4) is 23.3 Å². The van der Waals surface area contributed by atoms with Gasteiger partial charge in [0.1, 0.15) is 12.1 Å². The van der Waals surface area contributed by atoms with Gasteiger partial charge in [-0.1, -0.05) is 0 Å². The molecule has 0 amide bonds. The molecule has 1 saturated heterocycles. The Morgan fingerprint density at radius 2 is 1.73 bits per heavy atom. The summed E-state index contributed by atoms with van der Waals surface area (Å²) < 4.78 is 15.9. The number of aliphatic hydroxyl groups is 1. The lowest BCUT2D eigenvalue weighted by molar-refractivity contribution is 0.0895. The third kappa shape index (κ3) is 2.86. The molecule has 0 bridgehead atoms. The molecule has 8 heteroatoms. The third-order valence-corrected chi connectivity index (χ3v) is 3.70. The van der Waals surface area contributed by atoms with Crippen LogP contribution in [-0.4, -0.2) is 37.8 Å². The second-order valence-electron chi connectivity index (χ2n) is 4.65. The predicted molar refractivity (Wildman–Crippen MR) is 82.8 cm³/mol. The average Bonchev–Trinajstić information content (AvgIpc) is 2.52. The zero-order chi connectivity index (χ0) is 16.3. The van der Waals surface area contributed by atoms with Crippen LogP contribution < -0.4 is 24.8 Å². The number of nitrogens with one attached hydrogen (secondary N) is 2. The summed E-state index contributed by atoms with van der Waals surface area (Å²) in [6.07, 6.45) is -1.05. The van der Waals surface area contributed by atoms with E-state index in [1.807, 2.05) is 0 Å². The SMILES string of the molecule is COc1cc([C@H]2NC(=S)N[C@@H](O)[C@@H]2C#N)cc(OC)c1OC. The van der Waals surface area contributed by atoms with E-state index in [2.05, 4.69) is 16.7 Å². The highest BCUT2D eigenvalue weighted by molar-refractivity contribution is 7.80. The number of hydrogen-bond donors (Lipinski definition) is 3. The minimum Gasteiger partial charge on any atom is -0.493 e. The third-order valence-electron chi connectivity index (χ3n) is 3.46. The van der Waals surface area contributed by atoms with Crippen LogP contribution in [0, 0.1) is 17.2 Å². The first-order valence-corrected chi connectivity index (χ1v) is 6.91. The van der Waals surface area contributed by atoms with Crippen molar-refractivity contribution in [2.75, 3.05) is 21.3 Å². The van der Waals surface area contributed by atoms with E-state index < -0.39 is 18.2 Å². The molecule has 0 aliphatic carbocycles. The fraction of sp³-hybridized carbons (Fsp3) is 0.429. The first-order chi connectivity index (χ1) is 10.5. The minimum atomic E-state index is -1.05. The largest absolute Gasteiger partial charge is 0.493 e. The van der Waals surface area contributed by atoms with Gasteiger partial charge in [0.25, 0.3) is 0 Å². The van der Waals surface area contributed by atoms with E-state index in [-0.39, 0.29) is 5.11 Å². The molecule has 22 heavy (non-hydrogen) atoms. The van der Waals surface area contributed by atoms with E-state index in [4.69, 9.17) is 26.4 Å². The summed E-state index contributed by atoms with van der Waals surface area (Å²) in [5.41, 5.74) is 0.698. The number of aliphatic hydroxyl groups excluding tert-OH is 1. The van der Waals surface area contributed by atoms with Gasteiger partial charge in [-0.15, -0.1) is 0 Å². The van der Waals surface area contributed by atoms with Crippen molar-refractivity contribution in [2.24, 2.45) is 5.92 Å². The Hall–Kier alpha value is -2.24. The Morgan fingerprint density at radius 3 is 2.18 bits per heavy atom. The summed E-state index contributed by atoms with van der Waals surface area (Å²) in [6, 6.07) is 5.03. The van der Waals surface area contributed by atoms with Gasteiger partial charge in [-0.3, -0.25) is 0 Å². The Balaban J connectivity index is 2.50. The van der Waals surface area contributed by atoms with Crippen LogP contribution in [0.15, 0.2) is 12.1 Å². The Bertz CT molecular complexity index is 592. The average molecular weight is 323 g/mol. The van der Waals surface area contributed by atoms with Crippen molar-refractivity contribution >= 4 is 17.3 Å². The quantitative estimate of drug-likeness (QED) is 0.697. The van der Waals surface area contributed by atoms with E-state index in [1.165, 1.54) is 21.3 Å². The predicted octanol–water partition coefficient (Wildman–Crippen LogP) is 0.689. The number of thiocarbonyl (C=S) groups is 1. The standard InChI is InChI=1S/C14H17N3O4S/c1-19-9-4-7(5-10(20-2)12(9)21-3)11-8(6-15)13(18)17-14(22)16-11/h4-5,8,11,13,18H,1-3H3,(H2,16,17,22)/t8-,11-,13+/m1/s1. The number of hydrogen-bond acceptors (Lipinski definition) is 6. The molecule has 118 valence electrons. The molecule has 7 nitrogen and oxygen atoms in total. The molecule has 1 aromatic carbocycles. The maximum atomic E-state index is 9.98. The molecule has 1 aromatic rings. The van der Waals surface area contributed by atoms with Crippen LogP contribution in [0.4, 0.5) is 0 Å². The Morgan fingerprint density at radius 1 is 1.14 bits per heavy atom. The normalized spacial score (nSPS) is 23.8. The fourth-order valence-electron chi connectivity index (χ4n) is 2.40. The van der Waals surface area contributed by atoms with Gasteiger partial charge < -0.3 is 30.0 Å². The van der Waals surface area contributed by atoms with Crippen molar-refractivity contribution in [2.45, 2.75) is 12.3 Å². The van der Waals surface area contributed by atoms with Gasteiger partial charge in [0, 0.05) is 0 Å². The van der Waals surface area contributed by atoms with Gasteiger partial charge in [-0.2, -0.15) is 5.26 Å². The summed E-state index contributed by atoms with van der Waals surface area (Å²) in [6.45, 7) is 0.